The molecular weight excluding hydrogens is 168 g/mol. The molecule has 0 spiro atoms. The summed E-state index contributed by atoms with van der Waals surface area (Å²) in [5, 5.41) is 35.5. The number of rotatable bonds is 0. The van der Waals surface area contributed by atoms with Gasteiger partial charge in [-0.3, -0.25) is 0 Å². The van der Waals surface area contributed by atoms with Crippen molar-refractivity contribution in [1.29, 1.82) is 0 Å². The van der Waals surface area contributed by atoms with Crippen LogP contribution in [0.15, 0.2) is 5.34 Å². The second-order valence-corrected chi connectivity index (χ2v) is 0.602. The summed E-state index contributed by atoms with van der Waals surface area (Å²) in [7, 11) is 0. The van der Waals surface area contributed by atoms with Gasteiger partial charge in [-0.1, -0.05) is 0 Å². The third-order valence-corrected chi connectivity index (χ3v) is 0. The number of hydrogen-bond acceptors (Lipinski definition) is 5. The van der Waals surface area contributed by atoms with Crippen molar-refractivity contribution in [3.8, 4) is 0 Å². The molecule has 0 saturated carbocycles. The topological polar surface area (TPSA) is 171 Å². The van der Waals surface area contributed by atoms with Crippen molar-refractivity contribution in [3.05, 3.63) is 15.0 Å². The molecule has 0 aliphatic carbocycles. The van der Waals surface area contributed by atoms with Crippen LogP contribution in [0.4, 0.5) is 4.79 Å². The van der Waals surface area contributed by atoms with Gasteiger partial charge in [-0.05, 0) is 0 Å². The van der Waals surface area contributed by atoms with Crippen LogP contribution >= 0.6 is 0 Å². The molecule has 0 aliphatic rings. The van der Waals surface area contributed by atoms with Crippen LogP contribution in [0, 0.1) is 15.0 Å². The van der Waals surface area contributed by atoms with Gasteiger partial charge in [-0.25, -0.2) is 4.79 Å². The highest BCUT2D eigenvalue weighted by molar-refractivity contribution is 5.53. The zero-order chi connectivity index (χ0) is 9.86. The molecule has 0 unspecified atom stereocenters. The Morgan fingerprint density at radius 2 is 1.45 bits per heavy atom. The lowest BCUT2D eigenvalue weighted by molar-refractivity contribution is -0.742. The fourth-order valence-corrected chi connectivity index (χ4v) is 0. The highest BCUT2D eigenvalue weighted by Gasteiger charge is 1.70. The number of hydrogen-bond donors (Lipinski definition) is 4. The van der Waals surface area contributed by atoms with Gasteiger partial charge in [0, 0.05) is 0 Å². The minimum absolute atomic E-state index is 1.25. The van der Waals surface area contributed by atoms with E-state index < -0.39 is 11.2 Å². The Labute approximate surface area is 58.3 Å². The second kappa shape index (κ2) is 15.7. The molecule has 0 aromatic heterocycles. The molecule has 10 nitrogen and oxygen atoms in total. The zero-order valence-corrected chi connectivity index (χ0v) is 4.82. The molecular formula is CH4N2O8. The fraction of sp³-hybridized carbons (Fsp3) is 0. The van der Waals surface area contributed by atoms with E-state index in [1.807, 2.05) is 0 Å². The van der Waals surface area contributed by atoms with Crippen LogP contribution < -0.4 is 0 Å². The lowest BCUT2D eigenvalue weighted by Gasteiger charge is -1.60. The Bertz CT molecular complexity index is 99.3. The van der Waals surface area contributed by atoms with E-state index in [1.165, 1.54) is 5.34 Å². The number of nitrogens with zero attached hydrogens (tertiary/aromatic N) is 2. The van der Waals surface area contributed by atoms with Crippen molar-refractivity contribution in [2.45, 2.75) is 0 Å². The average Bonchev–Trinajstić information content (AvgIpc) is 1.60. The first-order valence-corrected chi connectivity index (χ1v) is 1.60. The molecule has 0 aliphatic heterocycles. The standard InChI is InChI=1S/CH2O3.HNO3.HNO2/c2*2-1(3)4;2-1-3/h(H2,2,3,4);(H,2,3,4);(H,2,3). The first-order valence-electron chi connectivity index (χ1n) is 1.60. The Balaban J connectivity index is -0.0000000886. The predicted octanol–water partition coefficient (Wildman–Crippen LogP) is 0.0167. The van der Waals surface area contributed by atoms with Gasteiger partial charge in [-0.15, -0.1) is 15.0 Å². The molecule has 4 N–H and O–H groups in total. The molecule has 0 aromatic rings. The molecule has 0 saturated heterocycles. The Morgan fingerprint density at radius 3 is 1.45 bits per heavy atom. The summed E-state index contributed by atoms with van der Waals surface area (Å²) in [5.74, 6) is 0. The quantitative estimate of drug-likeness (QED) is 0.225. The van der Waals surface area contributed by atoms with E-state index in [4.69, 9.17) is 40.4 Å². The summed E-state index contributed by atoms with van der Waals surface area (Å²) in [4.78, 5) is 25.0. The Hall–Kier alpha value is -2.13. The van der Waals surface area contributed by atoms with Crippen molar-refractivity contribution in [2.24, 2.45) is 5.34 Å². The molecule has 11 heavy (non-hydrogen) atoms. The second-order valence-electron chi connectivity index (χ2n) is 0.602. The normalized spacial score (nSPS) is 5.45. The van der Waals surface area contributed by atoms with Gasteiger partial charge in [0.1, 0.15) is 0 Å². The smallest absolute Gasteiger partial charge is 0.450 e. The third kappa shape index (κ3) is 59.8. The summed E-state index contributed by atoms with van der Waals surface area (Å²) in [5.41, 5.74) is 0. The van der Waals surface area contributed by atoms with Gasteiger partial charge in [0.2, 0.25) is 0 Å². The predicted molar refractivity (Wildman–Crippen MR) is 27.0 cm³/mol. The maximum atomic E-state index is 8.56. The molecule has 0 radical (unpaired) electrons. The minimum atomic E-state index is -1.83. The highest BCUT2D eigenvalue weighted by Crippen LogP contribution is 1.42. The van der Waals surface area contributed by atoms with E-state index in [0.29, 0.717) is 0 Å². The van der Waals surface area contributed by atoms with Crippen LogP contribution in [0.3, 0.4) is 0 Å². The van der Waals surface area contributed by atoms with Crippen molar-refractivity contribution in [1.82, 2.24) is 0 Å². The maximum absolute atomic E-state index is 8.56. The van der Waals surface area contributed by atoms with Crippen LogP contribution in [-0.2, 0) is 0 Å². The molecule has 0 heterocycles. The number of carboxylic acid groups (broad SMARTS) is 2. The average molecular weight is 172 g/mol. The van der Waals surface area contributed by atoms with Crippen molar-refractivity contribution >= 4 is 6.16 Å². The molecule has 0 atom stereocenters. The molecule has 0 bridgehead atoms. The third-order valence-electron chi connectivity index (χ3n) is 0. The summed E-state index contributed by atoms with van der Waals surface area (Å²) >= 11 is 0. The fourth-order valence-electron chi connectivity index (χ4n) is 0. The molecule has 0 rings (SSSR count). The van der Waals surface area contributed by atoms with Gasteiger partial charge in [0.25, 0.3) is 5.09 Å². The van der Waals surface area contributed by atoms with E-state index >= 15 is 0 Å². The zero-order valence-electron chi connectivity index (χ0n) is 4.82. The van der Waals surface area contributed by atoms with Crippen LogP contribution in [0.2, 0.25) is 0 Å². The first kappa shape index (κ1) is 15.9. The van der Waals surface area contributed by atoms with E-state index in [0.717, 1.165) is 0 Å². The van der Waals surface area contributed by atoms with Crippen LogP contribution in [0.25, 0.3) is 0 Å². The van der Waals surface area contributed by atoms with Crippen LogP contribution in [0.5, 0.6) is 0 Å². The van der Waals surface area contributed by atoms with Gasteiger partial charge >= 0.3 is 6.16 Å². The van der Waals surface area contributed by atoms with Crippen LogP contribution in [0.1, 0.15) is 0 Å². The maximum Gasteiger partial charge on any atom is 0.503 e. The SMILES string of the molecule is O=C(O)O.O=NO.O=[N+]([O-])O. The Kier molecular flexibility index (Phi) is 22.7. The van der Waals surface area contributed by atoms with Crippen molar-refractivity contribution in [3.63, 3.8) is 0 Å². The largest absolute Gasteiger partial charge is 0.503 e. The van der Waals surface area contributed by atoms with E-state index in [-0.39, 0.29) is 0 Å². The highest BCUT2D eigenvalue weighted by atomic mass is 16.9. The van der Waals surface area contributed by atoms with Crippen molar-refractivity contribution in [2.75, 3.05) is 0 Å². The summed E-state index contributed by atoms with van der Waals surface area (Å²) in [6, 6.07) is 0. The van der Waals surface area contributed by atoms with Gasteiger partial charge in [0.05, 0.1) is 0 Å². The van der Waals surface area contributed by atoms with Gasteiger partial charge in [-0.2, -0.15) is 0 Å². The molecule has 0 fully saturated rings. The first-order chi connectivity index (χ1) is 4.88. The summed E-state index contributed by atoms with van der Waals surface area (Å²) in [6.45, 7) is 0. The lowest BCUT2D eigenvalue weighted by atomic mass is 11.5. The monoisotopic (exact) mass is 172 g/mol. The molecule has 10 heteroatoms. The molecule has 66 valence electrons. The van der Waals surface area contributed by atoms with Crippen LogP contribution in [-0.4, -0.2) is 31.9 Å². The van der Waals surface area contributed by atoms with Crippen molar-refractivity contribution < 1.29 is 30.5 Å². The lowest BCUT2D eigenvalue weighted by Crippen LogP contribution is -1.81. The van der Waals surface area contributed by atoms with E-state index in [2.05, 4.69) is 0 Å². The molecule has 0 amide bonds. The summed E-state index contributed by atoms with van der Waals surface area (Å²) < 4.78 is 0. The summed E-state index contributed by atoms with van der Waals surface area (Å²) in [6.07, 6.45) is -1.83. The van der Waals surface area contributed by atoms with E-state index in [9.17, 15) is 0 Å². The number of carbonyl (C=O) groups is 1. The Morgan fingerprint density at radius 1 is 1.45 bits per heavy atom. The van der Waals surface area contributed by atoms with Gasteiger partial charge in [0.15, 0.2) is 5.34 Å². The van der Waals surface area contributed by atoms with E-state index in [1.54, 1.807) is 0 Å². The molecule has 0 aromatic carbocycles. The minimum Gasteiger partial charge on any atom is -0.450 e. The van der Waals surface area contributed by atoms with Gasteiger partial charge < -0.3 is 20.6 Å².